The number of likely N-dealkylation sites (N-methyl/N-ethyl adjacent to an activating group) is 1. The second kappa shape index (κ2) is 10.5. The molecule has 12 nitrogen and oxygen atoms in total. The fourth-order valence-corrected chi connectivity index (χ4v) is 5.38. The van der Waals surface area contributed by atoms with E-state index in [1.54, 1.807) is 22.7 Å². The first-order valence-corrected chi connectivity index (χ1v) is 12.7. The molecule has 3 saturated heterocycles. The lowest BCUT2D eigenvalue weighted by atomic mass is 10.1. The molecule has 3 N–H and O–H groups in total. The number of carbonyl (C=O) groups excluding carboxylic acids is 3. The summed E-state index contributed by atoms with van der Waals surface area (Å²) in [4.78, 5) is 42.9. The number of aliphatic hydroxyl groups is 1. The van der Waals surface area contributed by atoms with Gasteiger partial charge in [-0.15, -0.1) is 5.10 Å². The van der Waals surface area contributed by atoms with Gasteiger partial charge in [0.1, 0.15) is 24.1 Å². The molecule has 3 fully saturated rings. The second-order valence-electron chi connectivity index (χ2n) is 10.2. The molecule has 6 atom stereocenters. The van der Waals surface area contributed by atoms with E-state index in [1.165, 1.54) is 0 Å². The molecule has 4 heterocycles. The monoisotopic (exact) mass is 511 g/mol. The largest absolute Gasteiger partial charge is 0.487 e. The summed E-state index contributed by atoms with van der Waals surface area (Å²) >= 11 is 0. The van der Waals surface area contributed by atoms with E-state index in [1.807, 2.05) is 42.3 Å². The van der Waals surface area contributed by atoms with Gasteiger partial charge in [0.2, 0.25) is 17.7 Å². The van der Waals surface area contributed by atoms with Crippen molar-refractivity contribution >= 4 is 17.7 Å². The zero-order valence-electron chi connectivity index (χ0n) is 21.0. The molecule has 1 aromatic carbocycles. The van der Waals surface area contributed by atoms with Crippen molar-refractivity contribution in [3.63, 3.8) is 0 Å². The van der Waals surface area contributed by atoms with E-state index in [0.29, 0.717) is 31.6 Å². The molecule has 5 rings (SSSR count). The Morgan fingerprint density at radius 2 is 1.86 bits per heavy atom. The van der Waals surface area contributed by atoms with E-state index in [4.69, 9.17) is 4.74 Å². The number of rotatable bonds is 4. The first-order valence-electron chi connectivity index (χ1n) is 12.7. The number of likely N-dealkylation sites (tertiary alicyclic amines) is 1. The lowest BCUT2D eigenvalue weighted by molar-refractivity contribution is -0.142. The van der Waals surface area contributed by atoms with Crippen LogP contribution in [0.15, 0.2) is 36.5 Å². The lowest BCUT2D eigenvalue weighted by Gasteiger charge is -2.30. The Morgan fingerprint density at radius 1 is 1.08 bits per heavy atom. The molecule has 0 spiro atoms. The van der Waals surface area contributed by atoms with Gasteiger partial charge in [0, 0.05) is 25.6 Å². The van der Waals surface area contributed by atoms with Crippen LogP contribution in [0.1, 0.15) is 37.9 Å². The number of hydrogen-bond donors (Lipinski definition) is 3. The van der Waals surface area contributed by atoms with Gasteiger partial charge < -0.3 is 25.4 Å². The van der Waals surface area contributed by atoms with Crippen molar-refractivity contribution in [2.24, 2.45) is 0 Å². The average Bonchev–Trinajstić information content (AvgIpc) is 3.60. The van der Waals surface area contributed by atoms with Gasteiger partial charge >= 0.3 is 0 Å². The van der Waals surface area contributed by atoms with Crippen LogP contribution in [0.25, 0.3) is 0 Å². The minimum absolute atomic E-state index is 0.121. The maximum Gasteiger partial charge on any atom is 0.243 e. The summed E-state index contributed by atoms with van der Waals surface area (Å²) < 4.78 is 7.46. The summed E-state index contributed by atoms with van der Waals surface area (Å²) in [7, 11) is 1.84. The van der Waals surface area contributed by atoms with Crippen LogP contribution in [0, 0.1) is 0 Å². The van der Waals surface area contributed by atoms with Crippen LogP contribution in [-0.2, 0) is 21.0 Å². The summed E-state index contributed by atoms with van der Waals surface area (Å²) in [6.45, 7) is 2.73. The van der Waals surface area contributed by atoms with Gasteiger partial charge in [-0.3, -0.25) is 19.3 Å². The molecule has 3 amide bonds. The molecule has 12 heteroatoms. The van der Waals surface area contributed by atoms with Gasteiger partial charge in [0.25, 0.3) is 0 Å². The van der Waals surface area contributed by atoms with Gasteiger partial charge in [0.15, 0.2) is 0 Å². The minimum Gasteiger partial charge on any atom is -0.487 e. The standard InChI is InChI=1S/C25H33N7O5/c1-15-22(33)10-23(34)27-16-8-21(30(2)11-16)25(36)31-13-18(9-20(31)24(35)26-15)32-12-17(28-29-32)14-37-19-6-4-3-5-7-19/h3-7,12,15-16,18,20-22,33H,8-11,13-14H2,1-2H3,(H,26,35)(H,27,34)/t15-,16+,18-,20-,21-,22-/m0/s1. The third-order valence-corrected chi connectivity index (χ3v) is 7.47. The lowest BCUT2D eigenvalue weighted by Crippen LogP contribution is -2.54. The van der Waals surface area contributed by atoms with Crippen LogP contribution < -0.4 is 15.4 Å². The van der Waals surface area contributed by atoms with Gasteiger partial charge in [-0.25, -0.2) is 4.68 Å². The summed E-state index contributed by atoms with van der Waals surface area (Å²) in [5, 5.41) is 24.7. The fraction of sp³-hybridized carbons (Fsp3) is 0.560. The Bertz CT molecular complexity index is 1140. The van der Waals surface area contributed by atoms with Crippen molar-refractivity contribution in [3.8, 4) is 5.75 Å². The number of nitrogens with zero attached hydrogens (tertiary/aromatic N) is 5. The van der Waals surface area contributed by atoms with Gasteiger partial charge in [-0.05, 0) is 32.5 Å². The second-order valence-corrected chi connectivity index (χ2v) is 10.2. The highest BCUT2D eigenvalue weighted by Crippen LogP contribution is 2.31. The number of ether oxygens (including phenoxy) is 1. The third-order valence-electron chi connectivity index (χ3n) is 7.47. The molecule has 3 aliphatic heterocycles. The number of aliphatic hydroxyl groups excluding tert-OH is 1. The number of carbonyl (C=O) groups is 3. The van der Waals surface area contributed by atoms with Crippen molar-refractivity contribution in [3.05, 3.63) is 42.2 Å². The molecule has 198 valence electrons. The molecule has 2 aromatic rings. The van der Waals surface area contributed by atoms with Crippen LogP contribution in [0.3, 0.4) is 0 Å². The zero-order chi connectivity index (χ0) is 26.1. The van der Waals surface area contributed by atoms with Crippen LogP contribution >= 0.6 is 0 Å². The molecular formula is C25H33N7O5. The predicted molar refractivity (Wildman–Crippen MR) is 131 cm³/mol. The summed E-state index contributed by atoms with van der Waals surface area (Å²) in [5.74, 6) is -0.0710. The average molecular weight is 512 g/mol. The van der Waals surface area contributed by atoms with Crippen LogP contribution in [-0.4, -0.2) is 98.0 Å². The number of aromatic nitrogens is 3. The Balaban J connectivity index is 1.34. The normalized spacial score (nSPS) is 31.1. The maximum atomic E-state index is 13.7. The Hall–Kier alpha value is -3.51. The van der Waals surface area contributed by atoms with Crippen molar-refractivity contribution in [1.29, 1.82) is 0 Å². The molecule has 1 aromatic heterocycles. The predicted octanol–water partition coefficient (Wildman–Crippen LogP) is -0.543. The Morgan fingerprint density at radius 3 is 2.65 bits per heavy atom. The van der Waals surface area contributed by atoms with Crippen LogP contribution in [0.2, 0.25) is 0 Å². The van der Waals surface area contributed by atoms with Crippen molar-refractivity contribution in [1.82, 2.24) is 35.4 Å². The van der Waals surface area contributed by atoms with Gasteiger partial charge in [-0.2, -0.15) is 0 Å². The number of benzene rings is 1. The number of nitrogens with one attached hydrogen (secondary N) is 2. The molecule has 0 unspecified atom stereocenters. The third kappa shape index (κ3) is 5.44. The quantitative estimate of drug-likeness (QED) is 0.497. The van der Waals surface area contributed by atoms with E-state index < -0.39 is 24.2 Å². The Labute approximate surface area is 214 Å². The smallest absolute Gasteiger partial charge is 0.243 e. The molecule has 0 aliphatic carbocycles. The minimum atomic E-state index is -1.04. The molecule has 0 radical (unpaired) electrons. The van der Waals surface area contributed by atoms with E-state index in [2.05, 4.69) is 20.9 Å². The summed E-state index contributed by atoms with van der Waals surface area (Å²) in [6, 6.07) is 7.15. The van der Waals surface area contributed by atoms with Gasteiger partial charge in [-0.1, -0.05) is 23.4 Å². The highest BCUT2D eigenvalue weighted by atomic mass is 16.5. The molecular weight excluding hydrogens is 478 g/mol. The molecule has 2 bridgehead atoms. The zero-order valence-corrected chi connectivity index (χ0v) is 21.0. The molecule has 0 saturated carbocycles. The molecule has 37 heavy (non-hydrogen) atoms. The number of hydrogen-bond acceptors (Lipinski definition) is 8. The van der Waals surface area contributed by atoms with E-state index in [9.17, 15) is 19.5 Å². The highest BCUT2D eigenvalue weighted by Gasteiger charge is 2.46. The van der Waals surface area contributed by atoms with Crippen molar-refractivity contribution in [2.75, 3.05) is 20.1 Å². The number of para-hydroxylation sites is 1. The number of amides is 3. The summed E-state index contributed by atoms with van der Waals surface area (Å²) in [6.07, 6.45) is 1.44. The van der Waals surface area contributed by atoms with Gasteiger partial charge in [0.05, 0.1) is 36.8 Å². The Kier molecular flexibility index (Phi) is 7.11. The molecule has 3 aliphatic rings. The van der Waals surface area contributed by atoms with Crippen molar-refractivity contribution < 1.29 is 24.2 Å². The first-order chi connectivity index (χ1) is 17.8. The van der Waals surface area contributed by atoms with Crippen molar-refractivity contribution in [2.45, 2.75) is 69.1 Å². The SMILES string of the molecule is C[C@@H]1NC(=O)[C@@H]2C[C@H](n3cc(COc4ccccc4)nn3)CN2C(=O)[C@@H]2C[C@H](CN2C)NC(=O)C[C@@H]1O. The topological polar surface area (TPSA) is 142 Å². The van der Waals surface area contributed by atoms with E-state index in [0.717, 1.165) is 5.75 Å². The van der Waals surface area contributed by atoms with Crippen LogP contribution in [0.4, 0.5) is 0 Å². The summed E-state index contributed by atoms with van der Waals surface area (Å²) in [5.41, 5.74) is 0.641. The highest BCUT2D eigenvalue weighted by molar-refractivity contribution is 5.91. The maximum absolute atomic E-state index is 13.7. The fourth-order valence-electron chi connectivity index (χ4n) is 5.38. The number of fused-ring (bicyclic) bond motifs is 3. The van der Waals surface area contributed by atoms with E-state index in [-0.39, 0.29) is 42.8 Å². The van der Waals surface area contributed by atoms with Crippen LogP contribution in [0.5, 0.6) is 5.75 Å². The first kappa shape index (κ1) is 25.2. The van der Waals surface area contributed by atoms with E-state index >= 15 is 0 Å².